The van der Waals surface area contributed by atoms with E-state index >= 15 is 0 Å². The Morgan fingerprint density at radius 2 is 2.13 bits per heavy atom. The molecule has 3 aromatic rings. The predicted molar refractivity (Wildman–Crippen MR) is 113 cm³/mol. The fourth-order valence-electron chi connectivity index (χ4n) is 4.20. The molecule has 1 atom stereocenters. The van der Waals surface area contributed by atoms with Crippen LogP contribution in [0.5, 0.6) is 0 Å². The first kappa shape index (κ1) is 18.0. The van der Waals surface area contributed by atoms with Gasteiger partial charge in [-0.15, -0.1) is 0 Å². The lowest BCUT2D eigenvalue weighted by Crippen LogP contribution is -2.66. The number of fused-ring (bicyclic) bond motifs is 1. The second kappa shape index (κ2) is 6.36. The summed E-state index contributed by atoms with van der Waals surface area (Å²) < 4.78 is 22.3. The van der Waals surface area contributed by atoms with Crippen LogP contribution in [0.25, 0.3) is 27.1 Å². The van der Waals surface area contributed by atoms with E-state index in [1.165, 1.54) is 6.33 Å². The van der Waals surface area contributed by atoms with Gasteiger partial charge in [0, 0.05) is 36.4 Å². The van der Waals surface area contributed by atoms with Gasteiger partial charge < -0.3 is 9.83 Å². The van der Waals surface area contributed by atoms with Gasteiger partial charge in [0.25, 0.3) is 0 Å². The molecule has 3 fully saturated rings. The Morgan fingerprint density at radius 1 is 1.30 bits per heavy atom. The molecule has 0 unspecified atom stereocenters. The minimum absolute atomic E-state index is 0.195. The fraction of sp³-hybridized carbons (Fsp3) is 0.500. The van der Waals surface area contributed by atoms with Crippen molar-refractivity contribution in [2.75, 3.05) is 19.6 Å². The van der Waals surface area contributed by atoms with Gasteiger partial charge in [0.2, 0.25) is 6.54 Å². The van der Waals surface area contributed by atoms with Gasteiger partial charge in [0.05, 0.1) is 23.2 Å². The molecule has 154 valence electrons. The average Bonchev–Trinajstić information content (AvgIpc) is 3.63. The highest BCUT2D eigenvalue weighted by Crippen LogP contribution is 2.42. The molecule has 0 aromatic carbocycles. The molecular weight excluding hydrogens is 400 g/mol. The van der Waals surface area contributed by atoms with Crippen molar-refractivity contribution < 1.29 is 4.21 Å². The second-order valence-corrected chi connectivity index (χ2v) is 11.0. The van der Waals surface area contributed by atoms with E-state index in [1.54, 1.807) is 6.20 Å². The summed E-state index contributed by atoms with van der Waals surface area (Å²) in [5.41, 5.74) is 2.01. The molecule has 3 aliphatic rings. The van der Waals surface area contributed by atoms with E-state index in [9.17, 15) is 4.21 Å². The number of hydrogen-bond acceptors (Lipinski definition) is 5. The lowest BCUT2D eigenvalue weighted by Gasteiger charge is -2.47. The molecule has 1 aliphatic heterocycles. The minimum atomic E-state index is -2.35. The largest absolute Gasteiger partial charge is 0.346 e. The summed E-state index contributed by atoms with van der Waals surface area (Å²) in [7, 11) is -2.35. The van der Waals surface area contributed by atoms with Crippen molar-refractivity contribution in [2.45, 2.75) is 42.5 Å². The van der Waals surface area contributed by atoms with Crippen molar-refractivity contribution in [3.05, 3.63) is 42.4 Å². The normalized spacial score (nSPS) is 22.9. The third-order valence-corrected chi connectivity index (χ3v) is 9.12. The van der Waals surface area contributed by atoms with E-state index < -0.39 is 15.5 Å². The zero-order valence-corrected chi connectivity index (χ0v) is 17.3. The molecule has 30 heavy (non-hydrogen) atoms. The Bertz CT molecular complexity index is 1280. The molecule has 9 nitrogen and oxygen atoms in total. The molecule has 1 N–H and O–H groups in total. The zero-order valence-electron chi connectivity index (χ0n) is 16.4. The zero-order chi connectivity index (χ0) is 20.3. The molecular formula is C20H22N8OS. The van der Waals surface area contributed by atoms with E-state index in [4.69, 9.17) is 10.9 Å². The van der Waals surface area contributed by atoms with Crippen LogP contribution in [-0.4, -0.2) is 64.2 Å². The van der Waals surface area contributed by atoms with E-state index in [2.05, 4.69) is 24.9 Å². The van der Waals surface area contributed by atoms with Gasteiger partial charge in [0.15, 0.2) is 5.54 Å². The van der Waals surface area contributed by atoms with Crippen LogP contribution in [0.2, 0.25) is 0 Å². The van der Waals surface area contributed by atoms with Crippen LogP contribution in [0, 0.1) is 6.57 Å². The molecule has 3 aromatic heterocycles. The molecule has 1 saturated heterocycles. The molecule has 4 heterocycles. The van der Waals surface area contributed by atoms with Crippen LogP contribution in [0.1, 0.15) is 25.7 Å². The Balaban J connectivity index is 1.32. The van der Waals surface area contributed by atoms with Crippen LogP contribution in [0.4, 0.5) is 0 Å². The van der Waals surface area contributed by atoms with Crippen LogP contribution in [0.3, 0.4) is 0 Å². The highest BCUT2D eigenvalue weighted by Gasteiger charge is 2.55. The molecule has 0 bridgehead atoms. The maximum atomic E-state index is 13.7. The minimum Gasteiger partial charge on any atom is -0.346 e. The number of nitrogens with one attached hydrogen (secondary N) is 1. The first-order valence-corrected chi connectivity index (χ1v) is 11.8. The number of nitrogens with zero attached hydrogens (tertiary/aromatic N) is 7. The molecule has 10 heteroatoms. The third-order valence-electron chi connectivity index (χ3n) is 6.19. The maximum absolute atomic E-state index is 13.7. The average molecular weight is 423 g/mol. The van der Waals surface area contributed by atoms with E-state index in [-0.39, 0.29) is 11.3 Å². The third kappa shape index (κ3) is 2.76. The number of H-pyrrole nitrogens is 1. The number of hydrogen-bond donors (Lipinski definition) is 1. The van der Waals surface area contributed by atoms with E-state index in [0.717, 1.165) is 48.0 Å². The van der Waals surface area contributed by atoms with Crippen LogP contribution in [-0.2, 0) is 15.5 Å². The standard InChI is InChI=1S/C20H22N8OS/c1-21-10-20(11-27(12-20)30(29,16-4-5-16)26-15-2-3-15)28-9-14(8-25-28)18-17-6-7-22-19(17)24-13-23-18/h6-9,13,15-16H,2-5,10-12H2,(H,22,23,24)/t30-/m1/s1. The van der Waals surface area contributed by atoms with Gasteiger partial charge in [-0.3, -0.25) is 4.68 Å². The summed E-state index contributed by atoms with van der Waals surface area (Å²) in [6, 6.07) is 2.22. The SMILES string of the molecule is [C-]#[N+]CC1(n2cc(-c3ncnc4[nH]ccc34)cn2)CN([S@](=O)(=NC2CC2)C2CC2)C1. The highest BCUT2D eigenvalue weighted by atomic mass is 32.2. The summed E-state index contributed by atoms with van der Waals surface area (Å²) >= 11 is 0. The van der Waals surface area contributed by atoms with Gasteiger partial charge in [-0.25, -0.2) is 29.4 Å². The summed E-state index contributed by atoms with van der Waals surface area (Å²) in [6.45, 7) is 8.89. The van der Waals surface area contributed by atoms with Gasteiger partial charge in [-0.1, -0.05) is 0 Å². The quantitative estimate of drug-likeness (QED) is 0.617. The number of rotatable bonds is 6. The fourth-order valence-corrected chi connectivity index (χ4v) is 7.16. The van der Waals surface area contributed by atoms with Crippen molar-refractivity contribution >= 4 is 20.9 Å². The van der Waals surface area contributed by atoms with Gasteiger partial charge >= 0.3 is 0 Å². The maximum Gasteiger partial charge on any atom is 0.242 e. The number of aromatic nitrogens is 5. The predicted octanol–water partition coefficient (Wildman–Crippen LogP) is 2.46. The lowest BCUT2D eigenvalue weighted by molar-refractivity contribution is 0.0864. The monoisotopic (exact) mass is 422 g/mol. The molecule has 2 saturated carbocycles. The Kier molecular flexibility index (Phi) is 3.82. The van der Waals surface area contributed by atoms with E-state index in [0.29, 0.717) is 19.6 Å². The summed E-state index contributed by atoms with van der Waals surface area (Å²) in [4.78, 5) is 15.5. The first-order chi connectivity index (χ1) is 14.6. The molecule has 0 spiro atoms. The smallest absolute Gasteiger partial charge is 0.242 e. The highest BCUT2D eigenvalue weighted by molar-refractivity contribution is 7.92. The van der Waals surface area contributed by atoms with Gasteiger partial charge in [-0.2, -0.15) is 5.10 Å². The summed E-state index contributed by atoms with van der Waals surface area (Å²) in [5, 5.41) is 5.73. The van der Waals surface area contributed by atoms with E-state index in [1.807, 2.05) is 27.4 Å². The molecule has 0 radical (unpaired) electrons. The summed E-state index contributed by atoms with van der Waals surface area (Å²) in [6.07, 6.45) is 11.2. The Morgan fingerprint density at radius 3 is 2.87 bits per heavy atom. The van der Waals surface area contributed by atoms with Crippen molar-refractivity contribution in [2.24, 2.45) is 4.36 Å². The van der Waals surface area contributed by atoms with Crippen molar-refractivity contribution in [1.29, 1.82) is 0 Å². The Labute approximate surface area is 174 Å². The van der Waals surface area contributed by atoms with Crippen LogP contribution < -0.4 is 0 Å². The van der Waals surface area contributed by atoms with Crippen molar-refractivity contribution in [1.82, 2.24) is 29.0 Å². The van der Waals surface area contributed by atoms with Crippen LogP contribution >= 0.6 is 0 Å². The van der Waals surface area contributed by atoms with Gasteiger partial charge in [-0.05, 0) is 31.7 Å². The van der Waals surface area contributed by atoms with Crippen molar-refractivity contribution in [3.8, 4) is 11.3 Å². The molecule has 0 amide bonds. The number of aromatic amines is 1. The van der Waals surface area contributed by atoms with Crippen molar-refractivity contribution in [3.63, 3.8) is 0 Å². The van der Waals surface area contributed by atoms with Crippen LogP contribution in [0.15, 0.2) is 35.3 Å². The second-order valence-electron chi connectivity index (χ2n) is 8.55. The summed E-state index contributed by atoms with van der Waals surface area (Å²) in [5.74, 6) is 0. The topological polar surface area (TPSA) is 96.4 Å². The molecule has 2 aliphatic carbocycles. The first-order valence-electron chi connectivity index (χ1n) is 10.3. The lowest BCUT2D eigenvalue weighted by atomic mass is 9.92. The Hall–Kier alpha value is -2.77. The van der Waals surface area contributed by atoms with Gasteiger partial charge in [0.1, 0.15) is 21.9 Å². The molecule has 6 rings (SSSR count).